The zero-order chi connectivity index (χ0) is 11.8. The van der Waals surface area contributed by atoms with Crippen LogP contribution in [0.5, 0.6) is 0 Å². The van der Waals surface area contributed by atoms with Crippen molar-refractivity contribution in [3.8, 4) is 0 Å². The number of ketones is 1. The molecule has 3 aliphatic heterocycles. The van der Waals surface area contributed by atoms with Gasteiger partial charge in [-0.05, 0) is 25.0 Å². The molecule has 0 unspecified atom stereocenters. The van der Waals surface area contributed by atoms with Crippen LogP contribution >= 0.6 is 0 Å². The Labute approximate surface area is 99.7 Å². The predicted octanol–water partition coefficient (Wildman–Crippen LogP) is 2.46. The number of allylic oxidation sites excluding steroid dienone is 1. The molecule has 3 aliphatic rings. The molecule has 3 heteroatoms. The van der Waals surface area contributed by atoms with Crippen molar-refractivity contribution >= 4 is 11.9 Å². The lowest BCUT2D eigenvalue weighted by molar-refractivity contribution is -0.125. The van der Waals surface area contributed by atoms with E-state index < -0.39 is 0 Å². The molecule has 17 heavy (non-hydrogen) atoms. The smallest absolute Gasteiger partial charge is 0.182 e. The Bertz CT molecular complexity index is 487. The van der Waals surface area contributed by atoms with Gasteiger partial charge < -0.3 is 4.90 Å². The van der Waals surface area contributed by atoms with Crippen LogP contribution in [0.1, 0.15) is 18.4 Å². The van der Waals surface area contributed by atoms with Crippen molar-refractivity contribution in [1.29, 1.82) is 0 Å². The van der Waals surface area contributed by atoms with Crippen LogP contribution in [0.3, 0.4) is 0 Å². The van der Waals surface area contributed by atoms with Gasteiger partial charge in [0.25, 0.3) is 0 Å². The number of piperidine rings is 3. The maximum absolute atomic E-state index is 13.5. The van der Waals surface area contributed by atoms with Crippen LogP contribution in [-0.4, -0.2) is 23.8 Å². The minimum atomic E-state index is -0.268. The number of nitrogens with zero attached hydrogens (tertiary/aromatic N) is 1. The van der Waals surface area contributed by atoms with Crippen LogP contribution in [0.25, 0.3) is 6.08 Å². The van der Waals surface area contributed by atoms with Gasteiger partial charge >= 0.3 is 0 Å². The number of hydrogen-bond donors (Lipinski definition) is 0. The monoisotopic (exact) mass is 231 g/mol. The highest BCUT2D eigenvalue weighted by Gasteiger charge is 2.36. The third kappa shape index (κ3) is 1.75. The minimum Gasteiger partial charge on any atom is -0.369 e. The van der Waals surface area contributed by atoms with Gasteiger partial charge in [0, 0.05) is 24.6 Å². The molecule has 2 nitrogen and oxygen atoms in total. The Balaban J connectivity index is 1.99. The normalized spacial score (nSPS) is 22.5. The molecule has 3 fully saturated rings. The molecule has 0 spiro atoms. The Kier molecular flexibility index (Phi) is 2.46. The molecule has 0 aromatic heterocycles. The van der Waals surface area contributed by atoms with Crippen molar-refractivity contribution in [2.75, 3.05) is 13.1 Å². The standard InChI is InChI=1S/C14H14FNO/c15-12-4-2-1-3-11(12)9-13-14(17)10-5-7-16(13)8-6-10/h1-4,9-10H,5-8H2. The molecule has 0 amide bonds. The fourth-order valence-corrected chi connectivity index (χ4v) is 2.65. The first kappa shape index (κ1) is 10.5. The van der Waals surface area contributed by atoms with Crippen molar-refractivity contribution < 1.29 is 9.18 Å². The van der Waals surface area contributed by atoms with Gasteiger partial charge in [-0.1, -0.05) is 18.2 Å². The molecule has 0 aliphatic carbocycles. The fourth-order valence-electron chi connectivity index (χ4n) is 2.65. The lowest BCUT2D eigenvalue weighted by Gasteiger charge is -2.41. The molecule has 1 aromatic rings. The van der Waals surface area contributed by atoms with E-state index in [4.69, 9.17) is 0 Å². The van der Waals surface area contributed by atoms with E-state index in [0.717, 1.165) is 25.9 Å². The van der Waals surface area contributed by atoms with Crippen LogP contribution < -0.4 is 0 Å². The molecule has 0 radical (unpaired) electrons. The Morgan fingerprint density at radius 3 is 2.59 bits per heavy atom. The summed E-state index contributed by atoms with van der Waals surface area (Å²) in [5, 5.41) is 0. The van der Waals surface area contributed by atoms with E-state index in [1.807, 2.05) is 0 Å². The van der Waals surface area contributed by atoms with Crippen molar-refractivity contribution in [3.05, 3.63) is 41.3 Å². The first-order chi connectivity index (χ1) is 8.25. The second-order valence-corrected chi connectivity index (χ2v) is 4.68. The lowest BCUT2D eigenvalue weighted by atomic mass is 9.84. The highest BCUT2D eigenvalue weighted by molar-refractivity contribution is 6.01. The first-order valence-electron chi connectivity index (χ1n) is 6.01. The summed E-state index contributed by atoms with van der Waals surface area (Å²) in [6.45, 7) is 1.85. The van der Waals surface area contributed by atoms with Crippen LogP contribution in [0, 0.1) is 11.7 Å². The van der Waals surface area contributed by atoms with Crippen molar-refractivity contribution in [2.45, 2.75) is 12.8 Å². The number of halogens is 1. The molecule has 0 saturated carbocycles. The average molecular weight is 231 g/mol. The van der Waals surface area contributed by atoms with E-state index in [2.05, 4.69) is 4.90 Å². The van der Waals surface area contributed by atoms with Crippen molar-refractivity contribution in [3.63, 3.8) is 0 Å². The molecule has 2 bridgehead atoms. The van der Waals surface area contributed by atoms with Gasteiger partial charge in [-0.15, -0.1) is 0 Å². The molecule has 0 N–H and O–H groups in total. The number of carbonyl (C=O) groups excluding carboxylic acids is 1. The third-order valence-electron chi connectivity index (χ3n) is 3.66. The zero-order valence-corrected chi connectivity index (χ0v) is 9.53. The zero-order valence-electron chi connectivity index (χ0n) is 9.53. The van der Waals surface area contributed by atoms with Crippen LogP contribution in [0.4, 0.5) is 4.39 Å². The number of rotatable bonds is 1. The average Bonchev–Trinajstić information content (AvgIpc) is 2.36. The van der Waals surface area contributed by atoms with Crippen molar-refractivity contribution in [2.24, 2.45) is 5.92 Å². The van der Waals surface area contributed by atoms with Gasteiger partial charge in [0.15, 0.2) is 5.78 Å². The van der Waals surface area contributed by atoms with Crippen LogP contribution in [-0.2, 0) is 4.79 Å². The SMILES string of the molecule is O=C1C(=Cc2ccccc2F)N2CCC1CC2. The Morgan fingerprint density at radius 1 is 1.24 bits per heavy atom. The summed E-state index contributed by atoms with van der Waals surface area (Å²) in [7, 11) is 0. The first-order valence-corrected chi connectivity index (χ1v) is 6.01. The number of carbonyl (C=O) groups is 1. The number of Topliss-reactive ketones (excluding diaryl/α,β-unsaturated/α-hetero) is 1. The quantitative estimate of drug-likeness (QED) is 0.692. The summed E-state index contributed by atoms with van der Waals surface area (Å²) >= 11 is 0. The largest absolute Gasteiger partial charge is 0.369 e. The van der Waals surface area contributed by atoms with Crippen molar-refractivity contribution in [1.82, 2.24) is 4.90 Å². The molecule has 88 valence electrons. The van der Waals surface area contributed by atoms with E-state index in [1.165, 1.54) is 6.07 Å². The Hall–Kier alpha value is -1.64. The second-order valence-electron chi connectivity index (χ2n) is 4.68. The molecule has 0 atom stereocenters. The molecule has 3 heterocycles. The highest BCUT2D eigenvalue weighted by Crippen LogP contribution is 2.32. The van der Waals surface area contributed by atoms with E-state index >= 15 is 0 Å². The molecular weight excluding hydrogens is 217 g/mol. The van der Waals surface area contributed by atoms with Gasteiger partial charge in [0.1, 0.15) is 5.82 Å². The van der Waals surface area contributed by atoms with E-state index in [-0.39, 0.29) is 17.5 Å². The minimum absolute atomic E-state index is 0.165. The van der Waals surface area contributed by atoms with Gasteiger partial charge in [-0.2, -0.15) is 0 Å². The summed E-state index contributed by atoms with van der Waals surface area (Å²) in [5.74, 6) is 0.0826. The molecule has 3 saturated heterocycles. The molecular formula is C14H14FNO. The number of fused-ring (bicyclic) bond motifs is 3. The van der Waals surface area contributed by atoms with E-state index in [9.17, 15) is 9.18 Å². The summed E-state index contributed by atoms with van der Waals surface area (Å²) < 4.78 is 13.5. The highest BCUT2D eigenvalue weighted by atomic mass is 19.1. The summed E-state index contributed by atoms with van der Waals surface area (Å²) in [4.78, 5) is 14.1. The van der Waals surface area contributed by atoms with E-state index in [1.54, 1.807) is 24.3 Å². The summed E-state index contributed by atoms with van der Waals surface area (Å²) in [6.07, 6.45) is 3.60. The van der Waals surface area contributed by atoms with E-state index in [0.29, 0.717) is 11.3 Å². The third-order valence-corrected chi connectivity index (χ3v) is 3.66. The second kappa shape index (κ2) is 3.99. The number of hydrogen-bond acceptors (Lipinski definition) is 2. The fraction of sp³-hybridized carbons (Fsp3) is 0.357. The molecule has 4 rings (SSSR count). The number of benzene rings is 1. The van der Waals surface area contributed by atoms with Gasteiger partial charge in [-0.25, -0.2) is 4.39 Å². The summed E-state index contributed by atoms with van der Waals surface area (Å²) in [6, 6.07) is 6.58. The van der Waals surface area contributed by atoms with Crippen LogP contribution in [0.2, 0.25) is 0 Å². The predicted molar refractivity (Wildman–Crippen MR) is 63.7 cm³/mol. The lowest BCUT2D eigenvalue weighted by Crippen LogP contribution is -2.45. The van der Waals surface area contributed by atoms with Crippen LogP contribution in [0.15, 0.2) is 30.0 Å². The Morgan fingerprint density at radius 2 is 1.94 bits per heavy atom. The van der Waals surface area contributed by atoms with Gasteiger partial charge in [0.2, 0.25) is 0 Å². The maximum Gasteiger partial charge on any atom is 0.182 e. The van der Waals surface area contributed by atoms with Gasteiger partial charge in [0.05, 0.1) is 5.70 Å². The van der Waals surface area contributed by atoms with Gasteiger partial charge in [-0.3, -0.25) is 4.79 Å². The maximum atomic E-state index is 13.5. The topological polar surface area (TPSA) is 20.3 Å². The molecule has 1 aromatic carbocycles. The summed E-state index contributed by atoms with van der Waals surface area (Å²) in [5.41, 5.74) is 1.20.